The van der Waals surface area contributed by atoms with Crippen molar-refractivity contribution < 1.29 is 68.4 Å². The van der Waals surface area contributed by atoms with Crippen LogP contribution in [-0.2, 0) is 47.9 Å². The number of nitrogens with zero attached hydrogens (tertiary/aromatic N) is 2. The van der Waals surface area contributed by atoms with Crippen LogP contribution >= 0.6 is 0 Å². The lowest BCUT2D eigenvalue weighted by molar-refractivity contribution is -0.146. The number of hydrogen-bond donors (Lipinski definition) is 10. The topological polar surface area (TPSA) is 358 Å². The molecule has 2 fully saturated rings. The van der Waals surface area contributed by atoms with Crippen molar-refractivity contribution in [2.45, 2.75) is 127 Å². The summed E-state index contributed by atoms with van der Waals surface area (Å²) >= 11 is 0. The van der Waals surface area contributed by atoms with E-state index in [1.54, 1.807) is 0 Å². The Morgan fingerprint density at radius 1 is 0.691 bits per heavy atom. The van der Waals surface area contributed by atoms with E-state index in [2.05, 4.69) is 16.0 Å². The number of carboxylic acid groups (broad SMARTS) is 3. The van der Waals surface area contributed by atoms with E-state index in [0.717, 1.165) is 4.90 Å². The summed E-state index contributed by atoms with van der Waals surface area (Å²) in [7, 11) is 0. The highest BCUT2D eigenvalue weighted by atomic mass is 16.4. The lowest BCUT2D eigenvalue weighted by Crippen LogP contribution is -2.61. The summed E-state index contributed by atoms with van der Waals surface area (Å²) < 4.78 is 0. The van der Waals surface area contributed by atoms with Gasteiger partial charge < -0.3 is 63.0 Å². The van der Waals surface area contributed by atoms with Crippen LogP contribution in [0.25, 0.3) is 0 Å². The fraction of sp³-hybridized carbons (Fsp3) is 0.697. The van der Waals surface area contributed by atoms with Crippen LogP contribution in [0.2, 0.25) is 0 Å². The van der Waals surface area contributed by atoms with Gasteiger partial charge in [-0.1, -0.05) is 13.8 Å². The molecule has 0 aromatic carbocycles. The molecule has 22 nitrogen and oxygen atoms in total. The summed E-state index contributed by atoms with van der Waals surface area (Å²) in [5.74, 6) is -11.2. The van der Waals surface area contributed by atoms with Crippen molar-refractivity contribution in [3.05, 3.63) is 0 Å². The van der Waals surface area contributed by atoms with Crippen molar-refractivity contribution in [3.8, 4) is 0 Å². The number of carbonyl (C=O) groups excluding carboxylic acids is 7. The highest BCUT2D eigenvalue weighted by Gasteiger charge is 2.43. The van der Waals surface area contributed by atoms with Crippen LogP contribution in [0.3, 0.4) is 0 Å². The minimum Gasteiger partial charge on any atom is -0.481 e. The van der Waals surface area contributed by atoms with Crippen molar-refractivity contribution >= 4 is 59.3 Å². The molecule has 0 aromatic rings. The number of rotatable bonds is 21. The van der Waals surface area contributed by atoms with Crippen LogP contribution in [-0.4, -0.2) is 151 Å². The monoisotopic (exact) mass is 784 g/mol. The maximum Gasteiger partial charge on any atom is 0.326 e. The van der Waals surface area contributed by atoms with Gasteiger partial charge in [-0.3, -0.25) is 43.2 Å². The molecule has 8 atom stereocenters. The Morgan fingerprint density at radius 3 is 1.67 bits per heavy atom. The highest BCUT2D eigenvalue weighted by Crippen LogP contribution is 2.23. The summed E-state index contributed by atoms with van der Waals surface area (Å²) in [5, 5.41) is 47.3. The third kappa shape index (κ3) is 13.8. The van der Waals surface area contributed by atoms with Crippen molar-refractivity contribution in [2.24, 2.45) is 17.4 Å². The number of likely N-dealkylation sites (tertiary alicyclic amines) is 2. The number of nitrogens with one attached hydrogen (secondary N) is 4. The number of nitrogens with two attached hydrogens (primary N) is 2. The minimum absolute atomic E-state index is 0.0169. The molecule has 0 unspecified atom stereocenters. The van der Waals surface area contributed by atoms with Gasteiger partial charge in [0.15, 0.2) is 0 Å². The molecule has 2 aliphatic rings. The zero-order valence-corrected chi connectivity index (χ0v) is 30.9. The predicted octanol–water partition coefficient (Wildman–Crippen LogP) is -4.04. The van der Waals surface area contributed by atoms with Gasteiger partial charge in [0.2, 0.25) is 41.4 Å². The Morgan fingerprint density at radius 2 is 1.20 bits per heavy atom. The standard InChI is InChI=1S/C33H52N8O14/c1-15(2)12-17(34)31(52)40-10-4-7-22(40)30(51)39-26(16(3)42)32(53)41-11-5-6-21(41)29(50)36-18(8-9-24(44)45)27(48)37-19(14-25(46)47)28(49)38-20(33(54)55)13-23(35)43/h15-22,26,42H,4-14,34H2,1-3H3,(H2,35,43)(H,36,50)(H,37,48)(H,38,49)(H,39,51)(H,44,45)(H,46,47)(H,54,55)/t16-,17+,18+,19+,20+,21+,22+,26+/m1/s1. The van der Waals surface area contributed by atoms with Crippen LogP contribution in [0.5, 0.6) is 0 Å². The van der Waals surface area contributed by atoms with Gasteiger partial charge in [-0.25, -0.2) is 4.79 Å². The van der Waals surface area contributed by atoms with E-state index in [4.69, 9.17) is 11.5 Å². The lowest BCUT2D eigenvalue weighted by atomic mass is 10.0. The lowest BCUT2D eigenvalue weighted by Gasteiger charge is -2.32. The van der Waals surface area contributed by atoms with E-state index in [9.17, 15) is 68.4 Å². The zero-order chi connectivity index (χ0) is 41.7. The maximum absolute atomic E-state index is 13.8. The molecule has 2 heterocycles. The van der Waals surface area contributed by atoms with E-state index in [1.165, 1.54) is 11.8 Å². The Hall–Kier alpha value is -5.38. The second-order valence-electron chi connectivity index (χ2n) is 14.1. The number of carbonyl (C=O) groups is 10. The van der Waals surface area contributed by atoms with Gasteiger partial charge >= 0.3 is 17.9 Å². The van der Waals surface area contributed by atoms with E-state index < -0.39 is 133 Å². The molecule has 55 heavy (non-hydrogen) atoms. The molecule has 2 rings (SSSR count). The van der Waals surface area contributed by atoms with Gasteiger partial charge in [-0.2, -0.15) is 0 Å². The normalized spacial score (nSPS) is 20.0. The van der Waals surface area contributed by atoms with Gasteiger partial charge in [-0.05, 0) is 51.4 Å². The van der Waals surface area contributed by atoms with Gasteiger partial charge in [-0.15, -0.1) is 0 Å². The van der Waals surface area contributed by atoms with E-state index in [-0.39, 0.29) is 38.3 Å². The van der Waals surface area contributed by atoms with E-state index >= 15 is 0 Å². The molecule has 7 amide bonds. The molecule has 0 bridgehead atoms. The van der Waals surface area contributed by atoms with Crippen LogP contribution in [0.1, 0.15) is 78.6 Å². The van der Waals surface area contributed by atoms with E-state index in [1.807, 2.05) is 19.2 Å². The Balaban J connectivity index is 2.25. The number of amides is 7. The summed E-state index contributed by atoms with van der Waals surface area (Å²) in [6.07, 6.45) is -3.21. The van der Waals surface area contributed by atoms with Gasteiger partial charge in [0.1, 0.15) is 36.3 Å². The van der Waals surface area contributed by atoms with Crippen molar-refractivity contribution in [2.75, 3.05) is 13.1 Å². The number of hydrogen-bond acceptors (Lipinski definition) is 12. The molecule has 0 aromatic heterocycles. The summed E-state index contributed by atoms with van der Waals surface area (Å²) in [4.78, 5) is 128. The van der Waals surface area contributed by atoms with Crippen molar-refractivity contribution in [1.29, 1.82) is 0 Å². The Bertz CT molecular complexity index is 1490. The molecule has 0 radical (unpaired) electrons. The first-order valence-electron chi connectivity index (χ1n) is 17.8. The molecule has 308 valence electrons. The first kappa shape index (κ1) is 45.8. The van der Waals surface area contributed by atoms with Gasteiger partial charge in [0.05, 0.1) is 25.0 Å². The summed E-state index contributed by atoms with van der Waals surface area (Å²) in [6.45, 7) is 5.28. The first-order valence-corrected chi connectivity index (χ1v) is 17.8. The van der Waals surface area contributed by atoms with Gasteiger partial charge in [0.25, 0.3) is 0 Å². The third-order valence-electron chi connectivity index (χ3n) is 9.08. The van der Waals surface area contributed by atoms with Crippen LogP contribution < -0.4 is 32.7 Å². The second-order valence-corrected chi connectivity index (χ2v) is 14.1. The SMILES string of the molecule is CC(C)C[C@H](N)C(=O)N1CCC[C@H]1C(=O)N[C@H](C(=O)N1CCC[C@H]1C(=O)N[C@@H](CCC(=O)O)C(=O)N[C@@H](CC(=O)O)C(=O)N[C@@H](CC(N)=O)C(=O)O)[C@@H](C)O. The molecule has 0 spiro atoms. The highest BCUT2D eigenvalue weighted by molar-refractivity contribution is 5.98. The molecular weight excluding hydrogens is 732 g/mol. The minimum atomic E-state index is -1.96. The summed E-state index contributed by atoms with van der Waals surface area (Å²) in [6, 6.07) is -10.2. The Kier molecular flexibility index (Phi) is 17.4. The predicted molar refractivity (Wildman–Crippen MR) is 187 cm³/mol. The molecule has 0 saturated carbocycles. The summed E-state index contributed by atoms with van der Waals surface area (Å²) in [5.41, 5.74) is 11.1. The molecule has 0 aliphatic carbocycles. The quantitative estimate of drug-likeness (QED) is 0.0530. The Labute approximate surface area is 316 Å². The molecule has 12 N–H and O–H groups in total. The fourth-order valence-corrected chi connectivity index (χ4v) is 6.38. The van der Waals surface area contributed by atoms with Crippen LogP contribution in [0, 0.1) is 5.92 Å². The zero-order valence-electron chi connectivity index (χ0n) is 30.9. The van der Waals surface area contributed by atoms with Crippen molar-refractivity contribution in [3.63, 3.8) is 0 Å². The second kappa shape index (κ2) is 20.9. The van der Waals surface area contributed by atoms with Crippen molar-refractivity contribution in [1.82, 2.24) is 31.1 Å². The fourth-order valence-electron chi connectivity index (χ4n) is 6.38. The number of aliphatic carboxylic acids is 3. The molecular formula is C33H52N8O14. The molecule has 2 aliphatic heterocycles. The van der Waals surface area contributed by atoms with Crippen LogP contribution in [0.15, 0.2) is 0 Å². The van der Waals surface area contributed by atoms with E-state index in [0.29, 0.717) is 12.8 Å². The van der Waals surface area contributed by atoms with Crippen LogP contribution in [0.4, 0.5) is 0 Å². The average molecular weight is 785 g/mol. The maximum atomic E-state index is 13.8. The van der Waals surface area contributed by atoms with Gasteiger partial charge in [0, 0.05) is 19.5 Å². The molecule has 2 saturated heterocycles. The number of aliphatic hydroxyl groups excluding tert-OH is 1. The molecule has 22 heteroatoms. The number of aliphatic hydroxyl groups is 1. The largest absolute Gasteiger partial charge is 0.481 e. The first-order chi connectivity index (χ1) is 25.6. The number of primary amides is 1. The average Bonchev–Trinajstić information content (AvgIpc) is 3.77. The smallest absolute Gasteiger partial charge is 0.326 e. The number of carboxylic acids is 3. The third-order valence-corrected chi connectivity index (χ3v) is 9.08.